The highest BCUT2D eigenvalue weighted by molar-refractivity contribution is 7.09. The predicted molar refractivity (Wildman–Crippen MR) is 190 cm³/mol. The molecule has 0 unspecified atom stereocenters. The van der Waals surface area contributed by atoms with Crippen molar-refractivity contribution in [3.63, 3.8) is 0 Å². The molecule has 1 aliphatic rings. The van der Waals surface area contributed by atoms with Gasteiger partial charge in [0, 0.05) is 54.0 Å². The van der Waals surface area contributed by atoms with Gasteiger partial charge in [-0.1, -0.05) is 70.9 Å². The van der Waals surface area contributed by atoms with Crippen LogP contribution in [-0.2, 0) is 39.8 Å². The Bertz CT molecular complexity index is 1970. The molecule has 1 aliphatic carbocycles. The molecule has 4 aromatic rings. The number of H-pyrrole nitrogens is 1. The molecule has 2 aromatic carbocycles. The maximum atomic E-state index is 14.8. The van der Waals surface area contributed by atoms with Gasteiger partial charge in [-0.15, -0.1) is 11.3 Å². The molecule has 0 saturated carbocycles. The van der Waals surface area contributed by atoms with Crippen molar-refractivity contribution in [2.75, 3.05) is 0 Å². The van der Waals surface area contributed by atoms with Crippen LogP contribution in [0, 0.1) is 23.6 Å². The Hall–Kier alpha value is -4.39. The zero-order chi connectivity index (χ0) is 38.0. The van der Waals surface area contributed by atoms with Crippen molar-refractivity contribution in [3.8, 4) is 0 Å². The van der Waals surface area contributed by atoms with Crippen molar-refractivity contribution in [2.24, 2.45) is 17.8 Å². The number of alkyl halides is 3. The molecule has 2 aromatic heterocycles. The first kappa shape index (κ1) is 38.8. The molecule has 0 spiro atoms. The molecule has 0 fully saturated rings. The van der Waals surface area contributed by atoms with Gasteiger partial charge < -0.3 is 15.4 Å². The predicted octanol–water partition coefficient (Wildman–Crippen LogP) is 8.48. The van der Waals surface area contributed by atoms with Crippen LogP contribution in [0.5, 0.6) is 0 Å². The fourth-order valence-corrected chi connectivity index (χ4v) is 8.25. The van der Waals surface area contributed by atoms with E-state index >= 15 is 0 Å². The van der Waals surface area contributed by atoms with E-state index in [0.29, 0.717) is 34.5 Å². The Morgan fingerprint density at radius 1 is 1.02 bits per heavy atom. The smallest absolute Gasteiger partial charge is 0.418 e. The standard InChI is InChI=1S/C39H43F4N3O5S/c1-5-21(3)26(17-24(47)16-23-10-7-8-13-30(23)40)35(49)46-38(33(48)18-27(22(4)6-2)36-45-32(20-52-36)37(50)51)15-14-31-28(19-38)25-11-9-12-29(34(25)44-31)39(41,42)43/h7-13,20-22,26-27,44H,5-6,14-19H2,1-4H3,(H,46,49)(H,50,51)/t21-,22-,26-,27-,38+/m0/s1. The summed E-state index contributed by atoms with van der Waals surface area (Å²) in [5.74, 6) is -4.71. The molecule has 0 radical (unpaired) electrons. The van der Waals surface area contributed by atoms with Crippen LogP contribution in [-0.4, -0.2) is 44.1 Å². The highest BCUT2D eigenvalue weighted by atomic mass is 32.1. The van der Waals surface area contributed by atoms with Gasteiger partial charge in [0.2, 0.25) is 5.91 Å². The lowest BCUT2D eigenvalue weighted by molar-refractivity contribution is -0.137. The summed E-state index contributed by atoms with van der Waals surface area (Å²) in [6.07, 6.45) is -3.79. The van der Waals surface area contributed by atoms with Crippen LogP contribution in [0.25, 0.3) is 10.9 Å². The Balaban J connectivity index is 1.53. The summed E-state index contributed by atoms with van der Waals surface area (Å²) in [4.78, 5) is 61.4. The van der Waals surface area contributed by atoms with E-state index in [2.05, 4.69) is 15.3 Å². The minimum atomic E-state index is -4.63. The number of aromatic amines is 1. The summed E-state index contributed by atoms with van der Waals surface area (Å²) >= 11 is 1.14. The number of Topliss-reactive ketones (excluding diaryl/α,β-unsaturated/α-hetero) is 2. The summed E-state index contributed by atoms with van der Waals surface area (Å²) in [5.41, 5.74) is -1.35. The molecule has 13 heteroatoms. The van der Waals surface area contributed by atoms with E-state index in [1.54, 1.807) is 12.1 Å². The minimum absolute atomic E-state index is 0.0839. The van der Waals surface area contributed by atoms with Crippen molar-refractivity contribution >= 4 is 45.7 Å². The number of carboxylic acid groups (broad SMARTS) is 1. The van der Waals surface area contributed by atoms with Gasteiger partial charge in [-0.25, -0.2) is 14.2 Å². The zero-order valence-corrected chi connectivity index (χ0v) is 30.3. The number of aromatic carboxylic acids is 1. The monoisotopic (exact) mass is 741 g/mol. The van der Waals surface area contributed by atoms with Crippen LogP contribution in [0.3, 0.4) is 0 Å². The number of nitrogens with zero attached hydrogens (tertiary/aromatic N) is 1. The van der Waals surface area contributed by atoms with Crippen molar-refractivity contribution in [1.29, 1.82) is 0 Å². The maximum absolute atomic E-state index is 14.8. The summed E-state index contributed by atoms with van der Waals surface area (Å²) in [6, 6.07) is 9.80. The molecule has 5 atom stereocenters. The first-order valence-electron chi connectivity index (χ1n) is 17.6. The van der Waals surface area contributed by atoms with Gasteiger partial charge >= 0.3 is 12.1 Å². The molecule has 0 saturated heterocycles. The van der Waals surface area contributed by atoms with Crippen LogP contribution >= 0.6 is 11.3 Å². The zero-order valence-electron chi connectivity index (χ0n) is 29.5. The van der Waals surface area contributed by atoms with Crippen molar-refractivity contribution in [1.82, 2.24) is 15.3 Å². The van der Waals surface area contributed by atoms with Gasteiger partial charge in [-0.2, -0.15) is 13.2 Å². The first-order valence-corrected chi connectivity index (χ1v) is 18.4. The lowest BCUT2D eigenvalue weighted by Gasteiger charge is -2.39. The van der Waals surface area contributed by atoms with Gasteiger partial charge in [0.25, 0.3) is 0 Å². The van der Waals surface area contributed by atoms with Gasteiger partial charge in [-0.05, 0) is 47.9 Å². The highest BCUT2D eigenvalue weighted by Crippen LogP contribution is 2.42. The number of aromatic nitrogens is 2. The molecular formula is C39H43F4N3O5S. The molecule has 52 heavy (non-hydrogen) atoms. The van der Waals surface area contributed by atoms with Crippen molar-refractivity contribution in [3.05, 3.63) is 86.7 Å². The van der Waals surface area contributed by atoms with Crippen LogP contribution in [0.4, 0.5) is 17.6 Å². The van der Waals surface area contributed by atoms with Gasteiger partial charge in [0.1, 0.15) is 17.1 Å². The van der Waals surface area contributed by atoms with E-state index in [4.69, 9.17) is 0 Å². The van der Waals surface area contributed by atoms with Crippen LogP contribution in [0.15, 0.2) is 47.8 Å². The van der Waals surface area contributed by atoms with E-state index in [0.717, 1.165) is 17.4 Å². The van der Waals surface area contributed by atoms with E-state index < -0.39 is 46.8 Å². The number of para-hydroxylation sites is 1. The lowest BCUT2D eigenvalue weighted by atomic mass is 9.72. The Labute approximate surface area is 303 Å². The Morgan fingerprint density at radius 3 is 2.37 bits per heavy atom. The molecule has 1 amide bonds. The molecule has 8 nitrogen and oxygen atoms in total. The number of carboxylic acids is 1. The van der Waals surface area contributed by atoms with E-state index in [9.17, 15) is 41.8 Å². The summed E-state index contributed by atoms with van der Waals surface area (Å²) in [5, 5.41) is 14.8. The van der Waals surface area contributed by atoms with E-state index in [-0.39, 0.29) is 78.7 Å². The van der Waals surface area contributed by atoms with E-state index in [1.807, 2.05) is 27.7 Å². The van der Waals surface area contributed by atoms with Crippen LogP contribution in [0.2, 0.25) is 0 Å². The number of carbonyl (C=O) groups is 4. The molecular weight excluding hydrogens is 699 g/mol. The number of benzene rings is 2. The summed E-state index contributed by atoms with van der Waals surface area (Å²) in [7, 11) is 0. The average molecular weight is 742 g/mol. The third kappa shape index (κ3) is 8.14. The van der Waals surface area contributed by atoms with E-state index in [1.165, 1.54) is 29.6 Å². The molecule has 5 rings (SSSR count). The van der Waals surface area contributed by atoms with Gasteiger partial charge in [-0.3, -0.25) is 14.4 Å². The number of halogens is 4. The number of fused-ring (bicyclic) bond motifs is 3. The summed E-state index contributed by atoms with van der Waals surface area (Å²) in [6.45, 7) is 7.58. The average Bonchev–Trinajstić information content (AvgIpc) is 3.74. The second-order valence-corrected chi connectivity index (χ2v) is 14.9. The molecule has 0 aliphatic heterocycles. The number of hydrogen-bond donors (Lipinski definition) is 3. The number of amides is 1. The van der Waals surface area contributed by atoms with Crippen molar-refractivity contribution < 1.29 is 41.8 Å². The molecule has 0 bridgehead atoms. The normalized spacial score (nSPS) is 18.3. The number of nitrogens with one attached hydrogen (secondary N) is 2. The SMILES string of the molecule is CC[C@H](C)[C@H](CC(=O)Cc1ccccc1F)C(=O)N[C@]1(C(=O)C[C@H](c2nc(C(=O)O)cs2)[C@@H](C)CC)CCc2[nH]c3c(C(F)(F)F)cccc3c2C1. The highest BCUT2D eigenvalue weighted by Gasteiger charge is 2.47. The fourth-order valence-electron chi connectivity index (χ4n) is 7.23. The second kappa shape index (κ2) is 15.7. The topological polar surface area (TPSA) is 129 Å². The van der Waals surface area contributed by atoms with Crippen LogP contribution < -0.4 is 5.32 Å². The number of hydrogen-bond acceptors (Lipinski definition) is 6. The Morgan fingerprint density at radius 2 is 1.73 bits per heavy atom. The van der Waals surface area contributed by atoms with Gasteiger partial charge in [0.15, 0.2) is 11.5 Å². The minimum Gasteiger partial charge on any atom is -0.476 e. The summed E-state index contributed by atoms with van der Waals surface area (Å²) < 4.78 is 56.5. The quantitative estimate of drug-likeness (QED) is 0.105. The second-order valence-electron chi connectivity index (χ2n) is 14.1. The lowest BCUT2D eigenvalue weighted by Crippen LogP contribution is -2.59. The third-order valence-corrected chi connectivity index (χ3v) is 11.7. The third-order valence-electron chi connectivity index (χ3n) is 10.8. The largest absolute Gasteiger partial charge is 0.476 e. The number of aryl methyl sites for hydroxylation is 1. The Kier molecular flexibility index (Phi) is 11.7. The first-order chi connectivity index (χ1) is 24.6. The number of carbonyl (C=O) groups excluding carboxylic acids is 3. The number of rotatable bonds is 15. The molecule has 278 valence electrons. The number of thiazole rings is 1. The van der Waals surface area contributed by atoms with Crippen molar-refractivity contribution in [2.45, 2.75) is 96.7 Å². The molecule has 2 heterocycles. The molecule has 3 N–H and O–H groups in total. The fraction of sp³-hybridized carbons (Fsp3) is 0.462. The van der Waals surface area contributed by atoms with Crippen LogP contribution in [0.1, 0.15) is 104 Å². The number of ketones is 2. The van der Waals surface area contributed by atoms with Gasteiger partial charge in [0.05, 0.1) is 16.1 Å². The maximum Gasteiger partial charge on any atom is 0.418 e.